The van der Waals surface area contributed by atoms with E-state index in [9.17, 15) is 10.1 Å². The van der Waals surface area contributed by atoms with Crippen molar-refractivity contribution in [2.75, 3.05) is 6.26 Å². The predicted octanol–water partition coefficient (Wildman–Crippen LogP) is 5.20. The minimum Gasteiger partial charge on any atom is -0.422 e. The molecule has 1 heterocycles. The number of nitrogens with zero attached hydrogens (tertiary/aromatic N) is 3. The van der Waals surface area contributed by atoms with Crippen LogP contribution in [0.3, 0.4) is 0 Å². The molecule has 1 atom stereocenters. The molecule has 5 nitrogen and oxygen atoms in total. The van der Waals surface area contributed by atoms with Gasteiger partial charge < -0.3 is 4.74 Å². The normalized spacial score (nSPS) is 13.4. The van der Waals surface area contributed by atoms with Gasteiger partial charge in [-0.15, -0.1) is 0 Å². The van der Waals surface area contributed by atoms with E-state index in [-0.39, 0.29) is 22.4 Å². The molecule has 0 N–H and O–H groups in total. The maximum atomic E-state index is 12.6. The van der Waals surface area contributed by atoms with Gasteiger partial charge in [-0.25, -0.2) is 0 Å². The van der Waals surface area contributed by atoms with Gasteiger partial charge in [0.05, 0.1) is 10.9 Å². The first-order chi connectivity index (χ1) is 13.6. The van der Waals surface area contributed by atoms with Gasteiger partial charge in [-0.3, -0.25) is 9.48 Å². The standard InChI is InChI=1S/C23H29N3O2S/c1-8-26-20(13-15(2)25-26)21(28-22(27)16(3)29-7)19(14-24)17-9-11-18(12-10-17)23(4,5)6/h9-13,16H,8H2,1-7H3/b21-19-. The summed E-state index contributed by atoms with van der Waals surface area (Å²) in [5.74, 6) is -0.127. The molecular weight excluding hydrogens is 382 g/mol. The number of carbonyl (C=O) groups is 1. The summed E-state index contributed by atoms with van der Waals surface area (Å²) in [5, 5.41) is 14.1. The van der Waals surface area contributed by atoms with Crippen LogP contribution in [0, 0.1) is 18.3 Å². The van der Waals surface area contributed by atoms with E-state index in [0.29, 0.717) is 23.4 Å². The molecule has 2 rings (SSSR count). The summed E-state index contributed by atoms with van der Waals surface area (Å²) in [4.78, 5) is 12.6. The number of nitriles is 1. The summed E-state index contributed by atoms with van der Waals surface area (Å²) >= 11 is 1.40. The summed E-state index contributed by atoms with van der Waals surface area (Å²) in [7, 11) is 0. The Balaban J connectivity index is 2.66. The average Bonchev–Trinajstić information content (AvgIpc) is 3.07. The summed E-state index contributed by atoms with van der Waals surface area (Å²) in [6.45, 7) is 12.7. The fourth-order valence-electron chi connectivity index (χ4n) is 2.86. The van der Waals surface area contributed by atoms with Crippen LogP contribution in [0.15, 0.2) is 30.3 Å². The zero-order valence-corrected chi connectivity index (χ0v) is 19.1. The van der Waals surface area contributed by atoms with Crippen molar-refractivity contribution >= 4 is 29.1 Å². The first-order valence-electron chi connectivity index (χ1n) is 9.67. The van der Waals surface area contributed by atoms with E-state index in [1.807, 2.05) is 50.4 Å². The van der Waals surface area contributed by atoms with Gasteiger partial charge in [-0.2, -0.15) is 22.1 Å². The van der Waals surface area contributed by atoms with E-state index in [0.717, 1.165) is 5.69 Å². The van der Waals surface area contributed by atoms with E-state index in [1.165, 1.54) is 17.3 Å². The fraction of sp³-hybridized carbons (Fsp3) is 0.435. The van der Waals surface area contributed by atoms with E-state index in [2.05, 4.69) is 31.9 Å². The Morgan fingerprint density at radius 2 is 1.93 bits per heavy atom. The van der Waals surface area contributed by atoms with Crippen molar-refractivity contribution in [2.45, 2.75) is 58.8 Å². The van der Waals surface area contributed by atoms with Gasteiger partial charge in [0.1, 0.15) is 17.3 Å². The van der Waals surface area contributed by atoms with Crippen molar-refractivity contribution in [3.8, 4) is 6.07 Å². The van der Waals surface area contributed by atoms with Crippen molar-refractivity contribution in [1.29, 1.82) is 5.26 Å². The molecule has 0 bridgehead atoms. The molecule has 29 heavy (non-hydrogen) atoms. The Hall–Kier alpha value is -2.52. The molecule has 0 aliphatic heterocycles. The van der Waals surface area contributed by atoms with Gasteiger partial charge in [0.2, 0.25) is 0 Å². The van der Waals surface area contributed by atoms with Gasteiger partial charge in [-0.1, -0.05) is 45.0 Å². The second-order valence-corrected chi connectivity index (χ2v) is 9.11. The number of aryl methyl sites for hydroxylation is 2. The van der Waals surface area contributed by atoms with E-state index in [1.54, 1.807) is 11.6 Å². The molecule has 0 saturated carbocycles. The highest BCUT2D eigenvalue weighted by atomic mass is 32.2. The molecule has 1 aromatic carbocycles. The Morgan fingerprint density at radius 3 is 2.41 bits per heavy atom. The number of ether oxygens (including phenoxy) is 1. The number of esters is 1. The molecule has 2 aromatic rings. The van der Waals surface area contributed by atoms with Crippen LogP contribution in [-0.2, 0) is 21.5 Å². The number of thioether (sulfide) groups is 1. The molecule has 0 amide bonds. The molecule has 0 spiro atoms. The Kier molecular flexibility index (Phi) is 7.32. The van der Waals surface area contributed by atoms with E-state index < -0.39 is 0 Å². The number of hydrogen-bond donors (Lipinski definition) is 0. The highest BCUT2D eigenvalue weighted by Crippen LogP contribution is 2.31. The number of benzene rings is 1. The van der Waals surface area contributed by atoms with Crippen LogP contribution in [0.5, 0.6) is 0 Å². The Morgan fingerprint density at radius 1 is 1.31 bits per heavy atom. The van der Waals surface area contributed by atoms with Crippen LogP contribution in [0.1, 0.15) is 57.1 Å². The maximum absolute atomic E-state index is 12.6. The highest BCUT2D eigenvalue weighted by Gasteiger charge is 2.24. The highest BCUT2D eigenvalue weighted by molar-refractivity contribution is 7.99. The van der Waals surface area contributed by atoms with Gasteiger partial charge in [0.15, 0.2) is 5.76 Å². The molecule has 154 valence electrons. The molecule has 1 unspecified atom stereocenters. The molecule has 0 aliphatic rings. The van der Waals surface area contributed by atoms with Crippen molar-refractivity contribution in [2.24, 2.45) is 0 Å². The van der Waals surface area contributed by atoms with Crippen molar-refractivity contribution in [3.63, 3.8) is 0 Å². The summed E-state index contributed by atoms with van der Waals surface area (Å²) in [6, 6.07) is 11.9. The number of rotatable bonds is 6. The third-order valence-electron chi connectivity index (χ3n) is 4.70. The van der Waals surface area contributed by atoms with Crippen molar-refractivity contribution in [1.82, 2.24) is 9.78 Å². The molecule has 0 aliphatic carbocycles. The molecule has 1 aromatic heterocycles. The van der Waals surface area contributed by atoms with Crippen LogP contribution in [0.2, 0.25) is 0 Å². The molecule has 0 saturated heterocycles. The Bertz CT molecular complexity index is 944. The number of aromatic nitrogens is 2. The Labute approximate surface area is 177 Å². The lowest BCUT2D eigenvalue weighted by atomic mass is 9.86. The first kappa shape index (κ1) is 22.8. The van der Waals surface area contributed by atoms with Crippen LogP contribution in [-0.4, -0.2) is 27.3 Å². The summed E-state index contributed by atoms with van der Waals surface area (Å²) in [6.07, 6.45) is 1.85. The van der Waals surface area contributed by atoms with E-state index >= 15 is 0 Å². The molecular formula is C23H29N3O2S. The lowest BCUT2D eigenvalue weighted by molar-refractivity contribution is -0.135. The maximum Gasteiger partial charge on any atom is 0.324 e. The summed E-state index contributed by atoms with van der Waals surface area (Å²) in [5.41, 5.74) is 3.64. The fourth-order valence-corrected chi connectivity index (χ4v) is 3.10. The number of hydrogen-bond acceptors (Lipinski definition) is 5. The third kappa shape index (κ3) is 5.30. The molecule has 6 heteroatoms. The number of allylic oxidation sites excluding steroid dienone is 1. The average molecular weight is 412 g/mol. The van der Waals surface area contributed by atoms with E-state index in [4.69, 9.17) is 4.74 Å². The van der Waals surface area contributed by atoms with Crippen LogP contribution < -0.4 is 0 Å². The van der Waals surface area contributed by atoms with Crippen molar-refractivity contribution < 1.29 is 9.53 Å². The lowest BCUT2D eigenvalue weighted by Gasteiger charge is -2.19. The van der Waals surface area contributed by atoms with Gasteiger partial charge >= 0.3 is 5.97 Å². The first-order valence-corrected chi connectivity index (χ1v) is 11.0. The lowest BCUT2D eigenvalue weighted by Crippen LogP contribution is -2.18. The minimum absolute atomic E-state index is 0.00999. The third-order valence-corrected chi connectivity index (χ3v) is 5.60. The van der Waals surface area contributed by atoms with Crippen LogP contribution in [0.25, 0.3) is 11.3 Å². The van der Waals surface area contributed by atoms with Gasteiger partial charge in [-0.05, 0) is 49.6 Å². The predicted molar refractivity (Wildman–Crippen MR) is 119 cm³/mol. The number of carbonyl (C=O) groups excluding carboxylic acids is 1. The second kappa shape index (κ2) is 9.32. The quantitative estimate of drug-likeness (QED) is 0.371. The van der Waals surface area contributed by atoms with Crippen LogP contribution in [0.4, 0.5) is 0 Å². The smallest absolute Gasteiger partial charge is 0.324 e. The molecule has 0 fully saturated rings. The monoisotopic (exact) mass is 411 g/mol. The van der Waals surface area contributed by atoms with Gasteiger partial charge in [0, 0.05) is 6.54 Å². The topological polar surface area (TPSA) is 67.9 Å². The largest absolute Gasteiger partial charge is 0.422 e. The van der Waals surface area contributed by atoms with Crippen molar-refractivity contribution in [3.05, 3.63) is 52.8 Å². The second-order valence-electron chi connectivity index (χ2n) is 7.93. The molecule has 0 radical (unpaired) electrons. The van der Waals surface area contributed by atoms with Gasteiger partial charge in [0.25, 0.3) is 0 Å². The van der Waals surface area contributed by atoms with Crippen LogP contribution >= 0.6 is 11.8 Å². The zero-order valence-electron chi connectivity index (χ0n) is 18.2. The zero-order chi connectivity index (χ0) is 21.8. The minimum atomic E-state index is -0.381. The SMILES string of the molecule is CCn1nc(C)cc1/C(OC(=O)C(C)SC)=C(\C#N)c1ccc(C(C)(C)C)cc1. The summed E-state index contributed by atoms with van der Waals surface area (Å²) < 4.78 is 7.54.